The number of halogens is 4. The molecule has 0 aliphatic carbocycles. The minimum absolute atomic E-state index is 0.0813. The zero-order chi connectivity index (χ0) is 15.8. The largest absolute Gasteiger partial charge is 0.433 e. The lowest BCUT2D eigenvalue weighted by Gasteiger charge is -2.11. The molecular weight excluding hydrogens is 420 g/mol. The van der Waals surface area contributed by atoms with Crippen molar-refractivity contribution >= 4 is 32.6 Å². The van der Waals surface area contributed by atoms with Gasteiger partial charge in [-0.25, -0.2) is 13.6 Å². The van der Waals surface area contributed by atoms with Gasteiger partial charge in [0.15, 0.2) is 0 Å². The Morgan fingerprint density at radius 1 is 1.14 bits per heavy atom. The zero-order valence-electron chi connectivity index (χ0n) is 10.2. The number of aromatic nitrogens is 1. The molecule has 21 heavy (non-hydrogen) atoms. The van der Waals surface area contributed by atoms with Gasteiger partial charge in [-0.1, -0.05) is 6.07 Å². The van der Waals surface area contributed by atoms with E-state index in [1.54, 1.807) is 6.07 Å². The van der Waals surface area contributed by atoms with E-state index < -0.39 is 21.9 Å². The highest BCUT2D eigenvalue weighted by atomic mass is 127. The molecule has 0 aliphatic rings. The van der Waals surface area contributed by atoms with Gasteiger partial charge in [-0.15, -0.1) is 0 Å². The molecule has 2 N–H and O–H groups in total. The van der Waals surface area contributed by atoms with Gasteiger partial charge in [0.1, 0.15) is 5.69 Å². The van der Waals surface area contributed by atoms with Gasteiger partial charge < -0.3 is 0 Å². The summed E-state index contributed by atoms with van der Waals surface area (Å²) in [5.41, 5.74) is -0.914. The molecule has 0 amide bonds. The van der Waals surface area contributed by atoms with Crippen molar-refractivity contribution in [2.75, 3.05) is 0 Å². The highest BCUT2D eigenvalue weighted by Crippen LogP contribution is 2.33. The van der Waals surface area contributed by atoms with E-state index in [9.17, 15) is 21.6 Å². The number of primary sulfonamides is 1. The third kappa shape index (κ3) is 3.71. The predicted octanol–water partition coefficient (Wildman–Crippen LogP) is 3.02. The molecule has 1 heterocycles. The number of alkyl halides is 3. The molecule has 9 heteroatoms. The minimum atomic E-state index is -4.61. The molecular formula is C12H8F3IN2O2S. The summed E-state index contributed by atoms with van der Waals surface area (Å²) >= 11 is 1.89. The lowest BCUT2D eigenvalue weighted by atomic mass is 10.1. The summed E-state index contributed by atoms with van der Waals surface area (Å²) in [4.78, 5) is 3.01. The normalized spacial score (nSPS) is 12.4. The van der Waals surface area contributed by atoms with Gasteiger partial charge in [0, 0.05) is 15.3 Å². The maximum absolute atomic E-state index is 12.7. The van der Waals surface area contributed by atoms with Crippen LogP contribution in [-0.4, -0.2) is 13.4 Å². The van der Waals surface area contributed by atoms with Gasteiger partial charge in [0.05, 0.1) is 4.90 Å². The van der Waals surface area contributed by atoms with E-state index in [2.05, 4.69) is 4.98 Å². The van der Waals surface area contributed by atoms with Crippen LogP contribution in [-0.2, 0) is 16.2 Å². The average molecular weight is 428 g/mol. The second kappa shape index (κ2) is 5.54. The van der Waals surface area contributed by atoms with E-state index in [-0.39, 0.29) is 16.0 Å². The van der Waals surface area contributed by atoms with Crippen molar-refractivity contribution in [3.63, 3.8) is 0 Å². The van der Waals surface area contributed by atoms with E-state index in [1.807, 2.05) is 22.6 Å². The summed E-state index contributed by atoms with van der Waals surface area (Å²) in [6, 6.07) is 6.39. The second-order valence-corrected chi connectivity index (χ2v) is 6.89. The fraction of sp³-hybridized carbons (Fsp3) is 0.0833. The molecule has 0 aliphatic heterocycles. The maximum atomic E-state index is 12.7. The Balaban J connectivity index is 2.69. The van der Waals surface area contributed by atoms with Crippen molar-refractivity contribution in [2.45, 2.75) is 11.1 Å². The molecule has 0 atom stereocenters. The summed E-state index contributed by atoms with van der Waals surface area (Å²) in [6.45, 7) is 0. The zero-order valence-corrected chi connectivity index (χ0v) is 13.2. The summed E-state index contributed by atoms with van der Waals surface area (Å²) in [6.07, 6.45) is -3.63. The van der Waals surface area contributed by atoms with E-state index in [1.165, 1.54) is 18.2 Å². The molecule has 112 valence electrons. The summed E-state index contributed by atoms with van der Waals surface area (Å²) in [7, 11) is -4.06. The third-order valence-electron chi connectivity index (χ3n) is 2.61. The monoisotopic (exact) mass is 428 g/mol. The first kappa shape index (κ1) is 16.2. The van der Waals surface area contributed by atoms with Crippen LogP contribution in [0.15, 0.2) is 41.4 Å². The quantitative estimate of drug-likeness (QED) is 0.748. The minimum Gasteiger partial charge on any atom is -0.252 e. The summed E-state index contributed by atoms with van der Waals surface area (Å²) in [5, 5.41) is 5.12. The van der Waals surface area contributed by atoms with Gasteiger partial charge in [-0.2, -0.15) is 13.2 Å². The molecule has 2 aromatic rings. The van der Waals surface area contributed by atoms with Crippen LogP contribution in [0.5, 0.6) is 0 Å². The van der Waals surface area contributed by atoms with Crippen LogP contribution in [0.25, 0.3) is 11.1 Å². The molecule has 0 saturated carbocycles. The fourth-order valence-electron chi connectivity index (χ4n) is 1.72. The van der Waals surface area contributed by atoms with Crippen molar-refractivity contribution in [3.8, 4) is 11.1 Å². The Kier molecular flexibility index (Phi) is 4.26. The Morgan fingerprint density at radius 2 is 1.81 bits per heavy atom. The van der Waals surface area contributed by atoms with E-state index in [0.29, 0.717) is 3.57 Å². The van der Waals surface area contributed by atoms with Gasteiger partial charge >= 0.3 is 6.18 Å². The SMILES string of the molecule is NS(=O)(=O)c1cc(I)ccc1-c1ccnc(C(F)(F)F)c1. The molecule has 1 aromatic heterocycles. The Labute approximate surface area is 132 Å². The van der Waals surface area contributed by atoms with Crippen molar-refractivity contribution in [3.05, 3.63) is 45.8 Å². The lowest BCUT2D eigenvalue weighted by molar-refractivity contribution is -0.141. The van der Waals surface area contributed by atoms with Crippen LogP contribution in [0.2, 0.25) is 0 Å². The molecule has 1 aromatic carbocycles. The van der Waals surface area contributed by atoms with E-state index in [4.69, 9.17) is 5.14 Å². The molecule has 0 spiro atoms. The summed E-state index contributed by atoms with van der Waals surface area (Å²) in [5.74, 6) is 0. The molecule has 0 fully saturated rings. The highest BCUT2D eigenvalue weighted by Gasteiger charge is 2.32. The number of benzene rings is 1. The number of hydrogen-bond acceptors (Lipinski definition) is 3. The van der Waals surface area contributed by atoms with Crippen LogP contribution >= 0.6 is 22.6 Å². The van der Waals surface area contributed by atoms with Crippen LogP contribution in [0.1, 0.15) is 5.69 Å². The molecule has 0 unspecified atom stereocenters. The number of nitrogens with two attached hydrogens (primary N) is 1. The molecule has 0 saturated heterocycles. The number of sulfonamides is 1. The molecule has 0 bridgehead atoms. The van der Waals surface area contributed by atoms with Crippen LogP contribution in [0.3, 0.4) is 0 Å². The number of pyridine rings is 1. The highest BCUT2D eigenvalue weighted by molar-refractivity contribution is 14.1. The number of rotatable bonds is 2. The van der Waals surface area contributed by atoms with Crippen molar-refractivity contribution in [1.29, 1.82) is 0 Å². The van der Waals surface area contributed by atoms with E-state index >= 15 is 0 Å². The second-order valence-electron chi connectivity index (χ2n) is 4.11. The van der Waals surface area contributed by atoms with Crippen LogP contribution < -0.4 is 5.14 Å². The molecule has 2 rings (SSSR count). The number of nitrogens with zero attached hydrogens (tertiary/aromatic N) is 1. The first-order chi connectivity index (χ1) is 9.59. The first-order valence-corrected chi connectivity index (χ1v) is 8.07. The van der Waals surface area contributed by atoms with Gasteiger partial charge in [-0.3, -0.25) is 4.98 Å². The Hall–Kier alpha value is -1.20. The fourth-order valence-corrected chi connectivity index (χ4v) is 3.21. The van der Waals surface area contributed by atoms with Gasteiger partial charge in [0.2, 0.25) is 10.0 Å². The average Bonchev–Trinajstić information content (AvgIpc) is 2.37. The first-order valence-electron chi connectivity index (χ1n) is 5.45. The van der Waals surface area contributed by atoms with E-state index in [0.717, 1.165) is 12.3 Å². The predicted molar refractivity (Wildman–Crippen MR) is 78.8 cm³/mol. The summed E-state index contributed by atoms with van der Waals surface area (Å²) < 4.78 is 61.8. The lowest BCUT2D eigenvalue weighted by Crippen LogP contribution is -2.14. The number of hydrogen-bond donors (Lipinski definition) is 1. The Bertz CT molecular complexity index is 791. The molecule has 0 radical (unpaired) electrons. The maximum Gasteiger partial charge on any atom is 0.433 e. The Morgan fingerprint density at radius 3 is 2.38 bits per heavy atom. The standard InChI is InChI=1S/C12H8F3IN2O2S/c13-12(14,15)11-5-7(3-4-18-11)9-2-1-8(16)6-10(9)21(17,19)20/h1-6H,(H2,17,19,20). The molecule has 4 nitrogen and oxygen atoms in total. The van der Waals surface area contributed by atoms with Crippen LogP contribution in [0, 0.1) is 3.57 Å². The smallest absolute Gasteiger partial charge is 0.252 e. The van der Waals surface area contributed by atoms with Gasteiger partial charge in [-0.05, 0) is 52.4 Å². The van der Waals surface area contributed by atoms with Crippen molar-refractivity contribution in [1.82, 2.24) is 4.98 Å². The topological polar surface area (TPSA) is 73.1 Å². The van der Waals surface area contributed by atoms with Crippen LogP contribution in [0.4, 0.5) is 13.2 Å². The van der Waals surface area contributed by atoms with Crippen molar-refractivity contribution < 1.29 is 21.6 Å². The van der Waals surface area contributed by atoms with Gasteiger partial charge in [0.25, 0.3) is 0 Å². The third-order valence-corrected chi connectivity index (χ3v) is 4.23. The van der Waals surface area contributed by atoms with Crippen molar-refractivity contribution in [2.24, 2.45) is 5.14 Å².